The summed E-state index contributed by atoms with van der Waals surface area (Å²) in [6.07, 6.45) is 2.62. The van der Waals surface area contributed by atoms with Crippen molar-refractivity contribution in [2.75, 3.05) is 18.4 Å². The monoisotopic (exact) mass is 493 g/mol. The van der Waals surface area contributed by atoms with E-state index in [1.54, 1.807) is 22.8 Å². The maximum atomic E-state index is 13.1. The van der Waals surface area contributed by atoms with Gasteiger partial charge in [0.15, 0.2) is 0 Å². The Balaban J connectivity index is 1.61. The summed E-state index contributed by atoms with van der Waals surface area (Å²) in [6, 6.07) is 9.58. The van der Waals surface area contributed by atoms with Gasteiger partial charge in [0.25, 0.3) is 5.91 Å². The number of rotatable bonds is 5. The van der Waals surface area contributed by atoms with Crippen LogP contribution in [0.2, 0.25) is 5.02 Å². The molecule has 0 aliphatic carbocycles. The largest absolute Gasteiger partial charge is 0.322 e. The number of nitrogens with one attached hydrogen (secondary N) is 1. The maximum Gasteiger partial charge on any atom is 0.308 e. The predicted octanol–water partition coefficient (Wildman–Crippen LogP) is 4.72. The molecule has 32 heavy (non-hydrogen) atoms. The van der Waals surface area contributed by atoms with Crippen LogP contribution < -0.4 is 10.2 Å². The third-order valence-electron chi connectivity index (χ3n) is 5.51. The Bertz CT molecular complexity index is 1340. The molecule has 2 aromatic carbocycles. The minimum absolute atomic E-state index is 0.0334. The van der Waals surface area contributed by atoms with Gasteiger partial charge >= 0.3 is 4.87 Å². The lowest BCUT2D eigenvalue weighted by molar-refractivity contribution is 0.102. The summed E-state index contributed by atoms with van der Waals surface area (Å²) in [5.74, 6) is -0.452. The number of piperidine rings is 1. The van der Waals surface area contributed by atoms with Crippen LogP contribution in [0.1, 0.15) is 49.5 Å². The molecular weight excluding hydrogens is 470 g/mol. The molecule has 0 radical (unpaired) electrons. The van der Waals surface area contributed by atoms with Crippen molar-refractivity contribution in [3.05, 3.63) is 56.7 Å². The van der Waals surface area contributed by atoms with Crippen LogP contribution in [0.5, 0.6) is 0 Å². The highest BCUT2D eigenvalue weighted by Gasteiger charge is 2.28. The lowest BCUT2D eigenvalue weighted by atomic mass is 10.2. The molecule has 1 amide bonds. The molecule has 0 atom stereocenters. The minimum atomic E-state index is -3.78. The SMILES string of the molecule is CC(C)n1c(=O)sc2cc(NC(=O)c3ccc(Cl)c(S(=O)(=O)N4CCCCC4)c3)ccc21. The number of aromatic nitrogens is 1. The van der Waals surface area contributed by atoms with Crippen LogP contribution >= 0.6 is 22.9 Å². The zero-order valence-corrected chi connectivity index (χ0v) is 20.2. The fourth-order valence-electron chi connectivity index (χ4n) is 3.89. The minimum Gasteiger partial charge on any atom is -0.322 e. The van der Waals surface area contributed by atoms with Gasteiger partial charge in [0.2, 0.25) is 10.0 Å². The normalized spacial score (nSPS) is 15.4. The van der Waals surface area contributed by atoms with Gasteiger partial charge in [-0.3, -0.25) is 14.2 Å². The van der Waals surface area contributed by atoms with Crippen molar-refractivity contribution in [1.29, 1.82) is 0 Å². The maximum absolute atomic E-state index is 13.1. The van der Waals surface area contributed by atoms with Crippen molar-refractivity contribution >= 4 is 54.8 Å². The van der Waals surface area contributed by atoms with E-state index in [9.17, 15) is 18.0 Å². The molecule has 1 aliphatic heterocycles. The van der Waals surface area contributed by atoms with E-state index < -0.39 is 15.9 Å². The number of nitrogens with zero attached hydrogens (tertiary/aromatic N) is 2. The van der Waals surface area contributed by atoms with Crippen molar-refractivity contribution in [3.63, 3.8) is 0 Å². The molecular formula is C22H24ClN3O4S2. The smallest absolute Gasteiger partial charge is 0.308 e. The first-order valence-electron chi connectivity index (χ1n) is 10.4. The molecule has 170 valence electrons. The fraction of sp³-hybridized carbons (Fsp3) is 0.364. The Morgan fingerprint density at radius 1 is 1.09 bits per heavy atom. The number of anilines is 1. The lowest BCUT2D eigenvalue weighted by Crippen LogP contribution is -2.35. The molecule has 0 unspecified atom stereocenters. The van der Waals surface area contributed by atoms with Gasteiger partial charge in [-0.25, -0.2) is 8.42 Å². The molecule has 10 heteroatoms. The zero-order valence-electron chi connectivity index (χ0n) is 17.8. The average Bonchev–Trinajstić information content (AvgIpc) is 3.09. The molecule has 0 spiro atoms. The number of fused-ring (bicyclic) bond motifs is 1. The van der Waals surface area contributed by atoms with Gasteiger partial charge in [-0.15, -0.1) is 0 Å². The Morgan fingerprint density at radius 3 is 2.50 bits per heavy atom. The first-order valence-corrected chi connectivity index (χ1v) is 13.1. The van der Waals surface area contributed by atoms with Gasteiger partial charge in [0.05, 0.1) is 15.2 Å². The van der Waals surface area contributed by atoms with Crippen LogP contribution in [-0.4, -0.2) is 36.3 Å². The van der Waals surface area contributed by atoms with Crippen LogP contribution in [0, 0.1) is 0 Å². The summed E-state index contributed by atoms with van der Waals surface area (Å²) in [5.41, 5.74) is 1.53. The van der Waals surface area contributed by atoms with E-state index in [1.807, 2.05) is 13.8 Å². The second-order valence-electron chi connectivity index (χ2n) is 8.08. The number of halogens is 1. The third-order valence-corrected chi connectivity index (χ3v) is 8.81. The average molecular weight is 494 g/mol. The summed E-state index contributed by atoms with van der Waals surface area (Å²) in [5, 5.41) is 2.88. The molecule has 1 saturated heterocycles. The van der Waals surface area contributed by atoms with Gasteiger partial charge in [-0.05, 0) is 63.1 Å². The molecule has 1 N–H and O–H groups in total. The second-order valence-corrected chi connectivity index (χ2v) is 11.4. The van der Waals surface area contributed by atoms with Crippen molar-refractivity contribution in [1.82, 2.24) is 8.87 Å². The van der Waals surface area contributed by atoms with Crippen LogP contribution in [0.4, 0.5) is 5.69 Å². The van der Waals surface area contributed by atoms with E-state index in [1.165, 1.54) is 22.5 Å². The second kappa shape index (κ2) is 8.97. The lowest BCUT2D eigenvalue weighted by Gasteiger charge is -2.26. The van der Waals surface area contributed by atoms with Crippen molar-refractivity contribution in [2.45, 2.75) is 44.0 Å². The van der Waals surface area contributed by atoms with Gasteiger partial charge in [0.1, 0.15) is 4.90 Å². The van der Waals surface area contributed by atoms with Crippen LogP contribution in [0.15, 0.2) is 46.1 Å². The van der Waals surface area contributed by atoms with Gasteiger partial charge in [-0.1, -0.05) is 29.4 Å². The number of carbonyl (C=O) groups is 1. The Labute approximate surface area is 195 Å². The van der Waals surface area contributed by atoms with E-state index >= 15 is 0 Å². The molecule has 7 nitrogen and oxygen atoms in total. The van der Waals surface area contributed by atoms with Crippen molar-refractivity contribution < 1.29 is 13.2 Å². The summed E-state index contributed by atoms with van der Waals surface area (Å²) in [7, 11) is -3.78. The number of benzene rings is 2. The predicted molar refractivity (Wildman–Crippen MR) is 128 cm³/mol. The summed E-state index contributed by atoms with van der Waals surface area (Å²) in [6.45, 7) is 4.79. The molecule has 2 heterocycles. The quantitative estimate of drug-likeness (QED) is 0.556. The third kappa shape index (κ3) is 4.34. The topological polar surface area (TPSA) is 88.5 Å². The molecule has 0 bridgehead atoms. The van der Waals surface area contributed by atoms with E-state index in [0.29, 0.717) is 18.8 Å². The van der Waals surface area contributed by atoms with Crippen molar-refractivity contribution in [2.24, 2.45) is 0 Å². The summed E-state index contributed by atoms with van der Waals surface area (Å²) >= 11 is 7.33. The molecule has 1 aromatic heterocycles. The number of sulfonamides is 1. The van der Waals surface area contributed by atoms with Gasteiger partial charge in [-0.2, -0.15) is 4.31 Å². The van der Waals surface area contributed by atoms with E-state index in [-0.39, 0.29) is 26.4 Å². The highest BCUT2D eigenvalue weighted by molar-refractivity contribution is 7.89. The molecule has 0 saturated carbocycles. The van der Waals surface area contributed by atoms with Gasteiger partial charge < -0.3 is 5.32 Å². The zero-order chi connectivity index (χ0) is 23.0. The number of hydrogen-bond donors (Lipinski definition) is 1. The van der Waals surface area contributed by atoms with Crippen LogP contribution in [0.3, 0.4) is 0 Å². The van der Waals surface area contributed by atoms with Gasteiger partial charge in [0, 0.05) is 30.4 Å². The molecule has 1 fully saturated rings. The van der Waals surface area contributed by atoms with E-state index in [0.717, 1.165) is 40.8 Å². The standard InChI is InChI=1S/C22H24ClN3O4S2/c1-14(2)26-18-9-7-16(13-19(18)31-22(26)28)24-21(27)15-6-8-17(23)20(12-15)32(29,30)25-10-4-3-5-11-25/h6-9,12-14H,3-5,10-11H2,1-2H3,(H,24,27). The highest BCUT2D eigenvalue weighted by atomic mass is 35.5. The fourth-order valence-corrected chi connectivity index (χ4v) is 6.96. The summed E-state index contributed by atoms with van der Waals surface area (Å²) in [4.78, 5) is 25.0. The molecule has 3 aromatic rings. The molecule has 1 aliphatic rings. The summed E-state index contributed by atoms with van der Waals surface area (Å²) < 4.78 is 30.0. The van der Waals surface area contributed by atoms with E-state index in [2.05, 4.69) is 5.32 Å². The number of carbonyl (C=O) groups excluding carboxylic acids is 1. The highest BCUT2D eigenvalue weighted by Crippen LogP contribution is 2.29. The van der Waals surface area contributed by atoms with Crippen LogP contribution in [-0.2, 0) is 10.0 Å². The number of amides is 1. The van der Waals surface area contributed by atoms with Crippen molar-refractivity contribution in [3.8, 4) is 0 Å². The Morgan fingerprint density at radius 2 is 1.81 bits per heavy atom. The first-order chi connectivity index (χ1) is 15.2. The van der Waals surface area contributed by atoms with Crippen LogP contribution in [0.25, 0.3) is 10.2 Å². The number of thiazole rings is 1. The Kier molecular flexibility index (Phi) is 6.44. The Hall–Kier alpha value is -2.20. The first kappa shape index (κ1) is 23.0. The molecule has 4 rings (SSSR count). The number of hydrogen-bond acceptors (Lipinski definition) is 5. The van der Waals surface area contributed by atoms with E-state index in [4.69, 9.17) is 11.6 Å².